The van der Waals surface area contributed by atoms with E-state index in [0.29, 0.717) is 11.5 Å². The van der Waals surface area contributed by atoms with Crippen LogP contribution in [-0.4, -0.2) is 58.5 Å². The van der Waals surface area contributed by atoms with Gasteiger partial charge < -0.3 is 9.64 Å². The molecule has 1 aromatic carbocycles. The molecule has 2 fully saturated rings. The first-order valence-corrected chi connectivity index (χ1v) is 12.2. The molecule has 1 amide bonds. The Hall–Kier alpha value is -2.47. The van der Waals surface area contributed by atoms with E-state index in [1.165, 1.54) is 5.56 Å². The van der Waals surface area contributed by atoms with Crippen LogP contribution in [-0.2, 0) is 13.0 Å². The van der Waals surface area contributed by atoms with Crippen molar-refractivity contribution in [1.29, 1.82) is 0 Å². The molecule has 2 saturated heterocycles. The molecule has 1 aromatic heterocycles. The van der Waals surface area contributed by atoms with Gasteiger partial charge in [-0.1, -0.05) is 25.1 Å². The van der Waals surface area contributed by atoms with Crippen LogP contribution in [0.4, 0.5) is 0 Å². The summed E-state index contributed by atoms with van der Waals surface area (Å²) in [6.07, 6.45) is 8.07. The minimum Gasteiger partial charge on any atom is -0.493 e. The number of hydrogen-bond acceptors (Lipinski definition) is 5. The third kappa shape index (κ3) is 5.66. The Morgan fingerprint density at radius 2 is 1.88 bits per heavy atom. The predicted molar refractivity (Wildman–Crippen MR) is 126 cm³/mol. The van der Waals surface area contributed by atoms with Crippen molar-refractivity contribution in [2.24, 2.45) is 5.92 Å². The molecule has 0 saturated carbocycles. The first-order chi connectivity index (χ1) is 15.6. The standard InChI is InChI=1S/C26H36N4O2/c1-3-16-32-25-9-5-4-8-22(25)19-29-14-10-21(11-15-29)17-24-23(18-27-20(2)28-24)26(31)30-12-6-7-13-30/h4-5,8-9,18,21H,3,6-7,10-17,19H2,1-2H3. The summed E-state index contributed by atoms with van der Waals surface area (Å²) in [5, 5.41) is 0. The van der Waals surface area contributed by atoms with E-state index < -0.39 is 0 Å². The lowest BCUT2D eigenvalue weighted by Gasteiger charge is -2.32. The van der Waals surface area contributed by atoms with Crippen LogP contribution in [0.15, 0.2) is 30.5 Å². The number of piperidine rings is 1. The summed E-state index contributed by atoms with van der Waals surface area (Å²) in [5.74, 6) is 2.42. The summed E-state index contributed by atoms with van der Waals surface area (Å²) in [7, 11) is 0. The molecule has 6 nitrogen and oxygen atoms in total. The molecule has 0 radical (unpaired) electrons. The van der Waals surface area contributed by atoms with Crippen molar-refractivity contribution in [1.82, 2.24) is 19.8 Å². The second-order valence-electron chi connectivity index (χ2n) is 9.16. The molecule has 4 rings (SSSR count). The fourth-order valence-corrected chi connectivity index (χ4v) is 4.79. The maximum atomic E-state index is 13.0. The Morgan fingerprint density at radius 3 is 2.62 bits per heavy atom. The zero-order valence-corrected chi connectivity index (χ0v) is 19.6. The summed E-state index contributed by atoms with van der Waals surface area (Å²) < 4.78 is 5.94. The quantitative estimate of drug-likeness (QED) is 0.619. The van der Waals surface area contributed by atoms with Crippen molar-refractivity contribution >= 4 is 5.91 Å². The zero-order chi connectivity index (χ0) is 22.3. The number of likely N-dealkylation sites (tertiary alicyclic amines) is 2. The highest BCUT2D eigenvalue weighted by molar-refractivity contribution is 5.95. The molecule has 172 valence electrons. The maximum absolute atomic E-state index is 13.0. The first kappa shape index (κ1) is 22.7. The molecule has 3 heterocycles. The van der Waals surface area contributed by atoms with Gasteiger partial charge in [0.05, 0.1) is 17.9 Å². The summed E-state index contributed by atoms with van der Waals surface area (Å²) in [5.41, 5.74) is 2.91. The SMILES string of the molecule is CCCOc1ccccc1CN1CCC(Cc2nc(C)ncc2C(=O)N2CCCC2)CC1. The van der Waals surface area contributed by atoms with E-state index >= 15 is 0 Å². The van der Waals surface area contributed by atoms with Gasteiger partial charge in [-0.3, -0.25) is 9.69 Å². The zero-order valence-electron chi connectivity index (χ0n) is 19.6. The van der Waals surface area contributed by atoms with Crippen molar-refractivity contribution in [3.8, 4) is 5.75 Å². The smallest absolute Gasteiger partial charge is 0.257 e. The summed E-state index contributed by atoms with van der Waals surface area (Å²) in [4.78, 5) is 26.5. The molecule has 0 spiro atoms. The van der Waals surface area contributed by atoms with Crippen LogP contribution in [0.5, 0.6) is 5.75 Å². The molecular weight excluding hydrogens is 400 g/mol. The number of benzene rings is 1. The Bertz CT molecular complexity index is 902. The lowest BCUT2D eigenvalue weighted by atomic mass is 9.90. The fourth-order valence-electron chi connectivity index (χ4n) is 4.79. The largest absolute Gasteiger partial charge is 0.493 e. The molecule has 0 aliphatic carbocycles. The van der Waals surface area contributed by atoms with Crippen molar-refractivity contribution in [3.63, 3.8) is 0 Å². The van der Waals surface area contributed by atoms with E-state index in [4.69, 9.17) is 9.72 Å². The molecule has 2 aliphatic heterocycles. The van der Waals surface area contributed by atoms with Gasteiger partial charge in [-0.15, -0.1) is 0 Å². The Morgan fingerprint density at radius 1 is 1.12 bits per heavy atom. The number of nitrogens with zero attached hydrogens (tertiary/aromatic N) is 4. The Kier molecular flexibility index (Phi) is 7.74. The molecule has 2 aliphatic rings. The van der Waals surface area contributed by atoms with E-state index in [-0.39, 0.29) is 5.91 Å². The van der Waals surface area contributed by atoms with Crippen LogP contribution >= 0.6 is 0 Å². The topological polar surface area (TPSA) is 58.6 Å². The molecular formula is C26H36N4O2. The van der Waals surface area contributed by atoms with Crippen LogP contribution in [0, 0.1) is 12.8 Å². The van der Waals surface area contributed by atoms with Gasteiger partial charge in [0.15, 0.2) is 0 Å². The van der Waals surface area contributed by atoms with Crippen LogP contribution < -0.4 is 4.74 Å². The summed E-state index contributed by atoms with van der Waals surface area (Å²) >= 11 is 0. The Labute approximate surface area is 192 Å². The number of carbonyl (C=O) groups is 1. The van der Waals surface area contributed by atoms with Gasteiger partial charge in [0, 0.05) is 31.4 Å². The molecule has 0 bridgehead atoms. The van der Waals surface area contributed by atoms with Crippen molar-refractivity contribution in [2.45, 2.75) is 58.9 Å². The molecule has 0 unspecified atom stereocenters. The van der Waals surface area contributed by atoms with E-state index in [1.807, 2.05) is 17.9 Å². The number of aromatic nitrogens is 2. The molecule has 0 atom stereocenters. The summed E-state index contributed by atoms with van der Waals surface area (Å²) in [6, 6.07) is 8.40. The monoisotopic (exact) mass is 436 g/mol. The predicted octanol–water partition coefficient (Wildman–Crippen LogP) is 4.26. The Balaban J connectivity index is 1.36. The minimum atomic E-state index is 0.110. The van der Waals surface area contributed by atoms with Crippen LogP contribution in [0.2, 0.25) is 0 Å². The second kappa shape index (κ2) is 10.9. The van der Waals surface area contributed by atoms with Gasteiger partial charge >= 0.3 is 0 Å². The average molecular weight is 437 g/mol. The number of aryl methyl sites for hydroxylation is 1. The molecule has 32 heavy (non-hydrogen) atoms. The first-order valence-electron chi connectivity index (χ1n) is 12.2. The number of para-hydroxylation sites is 1. The van der Waals surface area contributed by atoms with E-state index in [9.17, 15) is 4.79 Å². The highest BCUT2D eigenvalue weighted by Crippen LogP contribution is 2.27. The fraction of sp³-hybridized carbons (Fsp3) is 0.577. The van der Waals surface area contributed by atoms with E-state index in [0.717, 1.165) is 95.1 Å². The molecule has 2 aromatic rings. The van der Waals surface area contributed by atoms with Gasteiger partial charge in [0.2, 0.25) is 0 Å². The minimum absolute atomic E-state index is 0.110. The highest BCUT2D eigenvalue weighted by Gasteiger charge is 2.26. The maximum Gasteiger partial charge on any atom is 0.257 e. The van der Waals surface area contributed by atoms with Gasteiger partial charge in [0.1, 0.15) is 11.6 Å². The number of ether oxygens (including phenoxy) is 1. The van der Waals surface area contributed by atoms with E-state index in [2.05, 4.69) is 35.0 Å². The van der Waals surface area contributed by atoms with Crippen LogP contribution in [0.3, 0.4) is 0 Å². The van der Waals surface area contributed by atoms with Crippen molar-refractivity contribution < 1.29 is 9.53 Å². The van der Waals surface area contributed by atoms with Gasteiger partial charge in [-0.25, -0.2) is 9.97 Å². The lowest BCUT2D eigenvalue weighted by Crippen LogP contribution is -2.34. The van der Waals surface area contributed by atoms with Gasteiger partial charge in [-0.2, -0.15) is 0 Å². The number of hydrogen-bond donors (Lipinski definition) is 0. The second-order valence-corrected chi connectivity index (χ2v) is 9.16. The molecule has 6 heteroatoms. The number of carbonyl (C=O) groups excluding carboxylic acids is 1. The number of rotatable bonds is 8. The van der Waals surface area contributed by atoms with Gasteiger partial charge in [0.25, 0.3) is 5.91 Å². The van der Waals surface area contributed by atoms with Crippen molar-refractivity contribution in [3.05, 3.63) is 53.1 Å². The van der Waals surface area contributed by atoms with Crippen LogP contribution in [0.1, 0.15) is 66.5 Å². The average Bonchev–Trinajstić information content (AvgIpc) is 3.35. The number of amides is 1. The third-order valence-electron chi connectivity index (χ3n) is 6.63. The van der Waals surface area contributed by atoms with E-state index in [1.54, 1.807) is 6.20 Å². The molecule has 0 N–H and O–H groups in total. The summed E-state index contributed by atoms with van der Waals surface area (Å²) in [6.45, 7) is 9.57. The lowest BCUT2D eigenvalue weighted by molar-refractivity contribution is 0.0790. The third-order valence-corrected chi connectivity index (χ3v) is 6.63. The van der Waals surface area contributed by atoms with Gasteiger partial charge in [-0.05, 0) is 70.5 Å². The highest BCUT2D eigenvalue weighted by atomic mass is 16.5. The van der Waals surface area contributed by atoms with Crippen LogP contribution in [0.25, 0.3) is 0 Å². The van der Waals surface area contributed by atoms with Crippen molar-refractivity contribution in [2.75, 3.05) is 32.8 Å². The normalized spacial score (nSPS) is 17.6.